The lowest BCUT2D eigenvalue weighted by atomic mass is 9.77. The molecular weight excluding hydrogens is 268 g/mol. The molecule has 1 saturated heterocycles. The normalized spacial score (nSPS) is 26.4. The van der Waals surface area contributed by atoms with Crippen LogP contribution >= 0.6 is 0 Å². The third kappa shape index (κ3) is 4.09. The van der Waals surface area contributed by atoms with E-state index in [2.05, 4.69) is 71.0 Å². The maximum atomic E-state index is 2.51. The first kappa shape index (κ1) is 16.5. The van der Waals surface area contributed by atoms with Crippen molar-refractivity contribution in [3.63, 3.8) is 0 Å². The molecule has 0 bridgehead atoms. The van der Waals surface area contributed by atoms with Crippen molar-refractivity contribution in [1.29, 1.82) is 0 Å². The Hall–Kier alpha value is -0.823. The van der Waals surface area contributed by atoms with Gasteiger partial charge in [-0.05, 0) is 31.2 Å². The van der Waals surface area contributed by atoms with E-state index in [1.807, 2.05) is 0 Å². The van der Waals surface area contributed by atoms with Gasteiger partial charge in [-0.2, -0.15) is 0 Å². The van der Waals surface area contributed by atoms with Crippen molar-refractivity contribution in [2.75, 3.05) is 0 Å². The highest BCUT2D eigenvalue weighted by atomic mass is 28.3. The van der Waals surface area contributed by atoms with Crippen molar-refractivity contribution >= 4 is 13.3 Å². The molecule has 0 N–H and O–H groups in total. The molecule has 0 saturated carbocycles. The summed E-state index contributed by atoms with van der Waals surface area (Å²) >= 11 is 0. The molecule has 1 heterocycles. The Morgan fingerprint density at radius 3 is 2.14 bits per heavy atom. The highest BCUT2D eigenvalue weighted by molar-refractivity contribution is 6.92. The zero-order valence-corrected chi connectivity index (χ0v) is 15.6. The average Bonchev–Trinajstić information content (AvgIpc) is 2.45. The Bertz CT molecular complexity index is 466. The van der Waals surface area contributed by atoms with Crippen LogP contribution in [0.15, 0.2) is 42.0 Å². The maximum Gasteiger partial charge on any atom is 0.0904 e. The fourth-order valence-electron chi connectivity index (χ4n) is 3.84. The van der Waals surface area contributed by atoms with Crippen LogP contribution in [0.25, 0.3) is 0 Å². The van der Waals surface area contributed by atoms with Gasteiger partial charge < -0.3 is 0 Å². The van der Waals surface area contributed by atoms with Crippen molar-refractivity contribution < 1.29 is 0 Å². The average molecular weight is 301 g/mol. The van der Waals surface area contributed by atoms with Gasteiger partial charge in [-0.1, -0.05) is 92.9 Å². The molecule has 0 radical (unpaired) electrons. The highest BCUT2D eigenvalue weighted by Gasteiger charge is 2.40. The molecule has 0 nitrogen and oxygen atoms in total. The second kappa shape index (κ2) is 6.52. The van der Waals surface area contributed by atoms with Crippen LogP contribution in [0.3, 0.4) is 0 Å². The van der Waals surface area contributed by atoms with Crippen LogP contribution < -0.4 is 5.19 Å². The molecular formula is C20H32Si. The summed E-state index contributed by atoms with van der Waals surface area (Å²) < 4.78 is 0. The summed E-state index contributed by atoms with van der Waals surface area (Å²) in [6, 6.07) is 15.7. The minimum absolute atomic E-state index is 0.480. The van der Waals surface area contributed by atoms with E-state index in [1.165, 1.54) is 36.5 Å². The van der Waals surface area contributed by atoms with Gasteiger partial charge in [-0.3, -0.25) is 0 Å². The van der Waals surface area contributed by atoms with Gasteiger partial charge in [0.05, 0.1) is 8.07 Å². The molecule has 0 aromatic heterocycles. The number of allylic oxidation sites excluding steroid dienone is 2. The van der Waals surface area contributed by atoms with E-state index in [4.69, 9.17) is 0 Å². The van der Waals surface area contributed by atoms with E-state index in [1.54, 1.807) is 5.19 Å². The summed E-state index contributed by atoms with van der Waals surface area (Å²) in [6.07, 6.45) is 5.37. The van der Waals surface area contributed by atoms with Crippen LogP contribution in [-0.2, 0) is 0 Å². The standard InChI is InChI=1S/C20H32Si/c1-17(2)11-14-21(19-9-7-6-8-10-19)15-12-18(13-16-21)20(3,4)5/h6-11,18H,12-16H2,1-5H3. The zero-order valence-electron chi connectivity index (χ0n) is 14.6. The number of benzene rings is 1. The monoisotopic (exact) mass is 300 g/mol. The lowest BCUT2D eigenvalue weighted by molar-refractivity contribution is 0.218. The van der Waals surface area contributed by atoms with Crippen LogP contribution in [0.2, 0.25) is 18.1 Å². The first-order valence-electron chi connectivity index (χ1n) is 8.52. The summed E-state index contributed by atoms with van der Waals surface area (Å²) in [5.74, 6) is 0.911. The molecule has 1 aliphatic heterocycles. The maximum absolute atomic E-state index is 2.51. The van der Waals surface area contributed by atoms with E-state index in [0.717, 1.165) is 5.92 Å². The Labute approximate surface area is 132 Å². The predicted molar refractivity (Wildman–Crippen MR) is 97.9 cm³/mol. The molecule has 1 aromatic carbocycles. The fourth-order valence-corrected chi connectivity index (χ4v) is 8.81. The van der Waals surface area contributed by atoms with Crippen LogP contribution in [0.1, 0.15) is 47.5 Å². The summed E-state index contributed by atoms with van der Waals surface area (Å²) in [7, 11) is -1.32. The Balaban J connectivity index is 2.22. The third-order valence-corrected chi connectivity index (χ3v) is 10.5. The highest BCUT2D eigenvalue weighted by Crippen LogP contribution is 2.43. The Morgan fingerprint density at radius 2 is 1.67 bits per heavy atom. The molecule has 0 spiro atoms. The van der Waals surface area contributed by atoms with Gasteiger partial charge in [0, 0.05) is 0 Å². The van der Waals surface area contributed by atoms with E-state index >= 15 is 0 Å². The summed E-state index contributed by atoms with van der Waals surface area (Å²) in [6.45, 7) is 11.8. The van der Waals surface area contributed by atoms with Crippen molar-refractivity contribution in [2.24, 2.45) is 11.3 Å². The third-order valence-electron chi connectivity index (χ3n) is 5.45. The number of hydrogen-bond acceptors (Lipinski definition) is 0. The van der Waals surface area contributed by atoms with Crippen molar-refractivity contribution in [3.8, 4) is 0 Å². The minimum Gasteiger partial charge on any atom is -0.0882 e. The van der Waals surface area contributed by atoms with Gasteiger partial charge in [0.15, 0.2) is 0 Å². The van der Waals surface area contributed by atoms with Gasteiger partial charge >= 0.3 is 0 Å². The summed E-state index contributed by atoms with van der Waals surface area (Å²) in [4.78, 5) is 0. The molecule has 116 valence electrons. The molecule has 21 heavy (non-hydrogen) atoms. The molecule has 1 fully saturated rings. The Morgan fingerprint density at radius 1 is 1.10 bits per heavy atom. The quantitative estimate of drug-likeness (QED) is 0.491. The number of hydrogen-bond donors (Lipinski definition) is 0. The molecule has 2 rings (SSSR count). The van der Waals surface area contributed by atoms with Crippen LogP contribution in [0.5, 0.6) is 0 Å². The first-order chi connectivity index (χ1) is 9.83. The van der Waals surface area contributed by atoms with Crippen LogP contribution in [0, 0.1) is 11.3 Å². The largest absolute Gasteiger partial charge is 0.0904 e. The fraction of sp³-hybridized carbons (Fsp3) is 0.600. The van der Waals surface area contributed by atoms with Gasteiger partial charge in [-0.25, -0.2) is 0 Å². The van der Waals surface area contributed by atoms with Gasteiger partial charge in [0.1, 0.15) is 0 Å². The van der Waals surface area contributed by atoms with E-state index in [0.29, 0.717) is 5.41 Å². The molecule has 1 aromatic rings. The molecule has 0 amide bonds. The summed E-state index contributed by atoms with van der Waals surface area (Å²) in [5, 5.41) is 1.69. The Kier molecular flexibility index (Phi) is 5.14. The van der Waals surface area contributed by atoms with E-state index in [-0.39, 0.29) is 0 Å². The lowest BCUT2D eigenvalue weighted by Gasteiger charge is -2.43. The second-order valence-electron chi connectivity index (χ2n) is 8.27. The molecule has 0 unspecified atom stereocenters. The molecule has 0 atom stereocenters. The SMILES string of the molecule is CC(C)=CC[Si]1(c2ccccc2)CCC(C(C)(C)C)CC1. The van der Waals surface area contributed by atoms with Crippen molar-refractivity contribution in [2.45, 2.75) is 65.6 Å². The smallest absolute Gasteiger partial charge is 0.0882 e. The molecule has 1 heteroatoms. The lowest BCUT2D eigenvalue weighted by Crippen LogP contribution is -2.50. The predicted octanol–water partition coefficient (Wildman–Crippen LogP) is 5.76. The summed E-state index contributed by atoms with van der Waals surface area (Å²) in [5.41, 5.74) is 1.96. The van der Waals surface area contributed by atoms with Crippen molar-refractivity contribution in [1.82, 2.24) is 0 Å². The zero-order chi connectivity index (χ0) is 15.5. The topological polar surface area (TPSA) is 0 Å². The van der Waals surface area contributed by atoms with Gasteiger partial charge in [-0.15, -0.1) is 0 Å². The molecule has 0 aliphatic carbocycles. The van der Waals surface area contributed by atoms with Gasteiger partial charge in [0.25, 0.3) is 0 Å². The number of rotatable bonds is 3. The van der Waals surface area contributed by atoms with Crippen LogP contribution in [0.4, 0.5) is 0 Å². The van der Waals surface area contributed by atoms with Gasteiger partial charge in [0.2, 0.25) is 0 Å². The first-order valence-corrected chi connectivity index (χ1v) is 11.1. The van der Waals surface area contributed by atoms with Crippen molar-refractivity contribution in [3.05, 3.63) is 42.0 Å². The van der Waals surface area contributed by atoms with E-state index < -0.39 is 8.07 Å². The van der Waals surface area contributed by atoms with E-state index in [9.17, 15) is 0 Å². The molecule has 1 aliphatic rings. The minimum atomic E-state index is -1.32. The van der Waals surface area contributed by atoms with Crippen LogP contribution in [-0.4, -0.2) is 8.07 Å². The second-order valence-corrected chi connectivity index (χ2v) is 12.8.